The molecular weight excluding hydrogens is 324 g/mol. The maximum atomic E-state index is 5.65. The van der Waals surface area contributed by atoms with Gasteiger partial charge < -0.3 is 20.1 Å². The van der Waals surface area contributed by atoms with Gasteiger partial charge >= 0.3 is 0 Å². The average molecular weight is 355 g/mol. The highest BCUT2D eigenvalue weighted by atomic mass is 35.5. The zero-order chi connectivity index (χ0) is 15.9. The Bertz CT molecular complexity index is 463. The molecule has 2 N–H and O–H groups in total. The lowest BCUT2D eigenvalue weighted by atomic mass is 9.94. The Morgan fingerprint density at radius 3 is 2.79 bits per heavy atom. The molecule has 0 radical (unpaired) electrons. The second-order valence-corrected chi connectivity index (χ2v) is 6.71. The van der Waals surface area contributed by atoms with Gasteiger partial charge in [-0.25, -0.2) is 0 Å². The Morgan fingerprint density at radius 1 is 1.25 bits per heavy atom. The molecule has 2 fully saturated rings. The summed E-state index contributed by atoms with van der Waals surface area (Å²) in [5, 5.41) is 7.41. The van der Waals surface area contributed by atoms with Crippen molar-refractivity contribution < 1.29 is 9.47 Å². The Hall–Kier alpha value is -0.810. The Morgan fingerprint density at radius 2 is 2.08 bits per heavy atom. The van der Waals surface area contributed by atoms with Gasteiger partial charge in [0.2, 0.25) is 0 Å². The second kappa shape index (κ2) is 10.2. The molecule has 1 saturated carbocycles. The third-order valence-electron chi connectivity index (χ3n) is 5.00. The van der Waals surface area contributed by atoms with Crippen molar-refractivity contribution >= 4 is 12.4 Å². The molecule has 1 saturated heterocycles. The molecule has 136 valence electrons. The van der Waals surface area contributed by atoms with Crippen molar-refractivity contribution in [2.24, 2.45) is 5.92 Å². The summed E-state index contributed by atoms with van der Waals surface area (Å²) in [6, 6.07) is 9.62. The van der Waals surface area contributed by atoms with Gasteiger partial charge in [0.15, 0.2) is 0 Å². The van der Waals surface area contributed by atoms with Crippen LogP contribution in [0.15, 0.2) is 24.3 Å². The fraction of sp³-hybridized carbons (Fsp3) is 0.684. The maximum Gasteiger partial charge on any atom is 0.119 e. The van der Waals surface area contributed by atoms with Crippen LogP contribution in [0.25, 0.3) is 0 Å². The van der Waals surface area contributed by atoms with E-state index in [0.717, 1.165) is 45.1 Å². The quantitative estimate of drug-likeness (QED) is 0.789. The molecule has 24 heavy (non-hydrogen) atoms. The lowest BCUT2D eigenvalue weighted by Crippen LogP contribution is -2.50. The summed E-state index contributed by atoms with van der Waals surface area (Å²) in [5.74, 6) is 1.67. The summed E-state index contributed by atoms with van der Waals surface area (Å²) in [4.78, 5) is 0. The molecule has 3 atom stereocenters. The summed E-state index contributed by atoms with van der Waals surface area (Å²) in [7, 11) is 0. The largest absolute Gasteiger partial charge is 0.494 e. The van der Waals surface area contributed by atoms with Gasteiger partial charge in [0.1, 0.15) is 5.75 Å². The molecule has 0 bridgehead atoms. The molecule has 1 aromatic carbocycles. The van der Waals surface area contributed by atoms with Crippen LogP contribution in [0, 0.1) is 5.92 Å². The van der Waals surface area contributed by atoms with Gasteiger partial charge in [0.05, 0.1) is 19.8 Å². The predicted octanol–water partition coefficient (Wildman–Crippen LogP) is 3.14. The van der Waals surface area contributed by atoms with Crippen molar-refractivity contribution in [3.05, 3.63) is 29.8 Å². The van der Waals surface area contributed by atoms with Gasteiger partial charge in [-0.05, 0) is 42.9 Å². The number of ether oxygens (including phenoxy) is 2. The molecule has 4 nitrogen and oxygen atoms in total. The molecule has 0 amide bonds. The first kappa shape index (κ1) is 19.5. The molecule has 2 aliphatic rings. The minimum absolute atomic E-state index is 0. The first-order chi connectivity index (χ1) is 11.4. The summed E-state index contributed by atoms with van der Waals surface area (Å²) in [6.07, 6.45) is 4.96. The summed E-state index contributed by atoms with van der Waals surface area (Å²) >= 11 is 0. The topological polar surface area (TPSA) is 42.5 Å². The van der Waals surface area contributed by atoms with E-state index < -0.39 is 0 Å². The molecule has 1 aliphatic heterocycles. The molecule has 1 aromatic rings. The van der Waals surface area contributed by atoms with Gasteiger partial charge in [0.25, 0.3) is 0 Å². The number of benzene rings is 1. The Labute approximate surface area is 152 Å². The van der Waals surface area contributed by atoms with Crippen molar-refractivity contribution in [3.8, 4) is 5.75 Å². The van der Waals surface area contributed by atoms with E-state index in [1.54, 1.807) is 0 Å². The zero-order valence-corrected chi connectivity index (χ0v) is 15.4. The van der Waals surface area contributed by atoms with Crippen LogP contribution in [-0.2, 0) is 11.3 Å². The molecule has 0 aromatic heterocycles. The lowest BCUT2D eigenvalue weighted by Gasteiger charge is -2.33. The SMILES string of the molecule is CCCOc1ccc(CNC2CCCC2C2COCCN2)cc1.Cl. The number of rotatable bonds is 7. The fourth-order valence-electron chi connectivity index (χ4n) is 3.76. The van der Waals surface area contributed by atoms with Crippen LogP contribution in [0.5, 0.6) is 5.75 Å². The predicted molar refractivity (Wildman–Crippen MR) is 100 cm³/mol. The minimum Gasteiger partial charge on any atom is -0.494 e. The van der Waals surface area contributed by atoms with E-state index >= 15 is 0 Å². The van der Waals surface area contributed by atoms with E-state index in [-0.39, 0.29) is 12.4 Å². The molecule has 0 spiro atoms. The standard InChI is InChI=1S/C19H30N2O2.ClH/c1-2-11-23-16-8-6-15(7-9-16)13-21-18-5-3-4-17(18)19-14-22-12-10-20-19;/h6-9,17-21H,2-5,10-14H2,1H3;1H. The van der Waals surface area contributed by atoms with Gasteiger partial charge in [0, 0.05) is 25.2 Å². The van der Waals surface area contributed by atoms with Crippen LogP contribution in [0.2, 0.25) is 0 Å². The smallest absolute Gasteiger partial charge is 0.119 e. The van der Waals surface area contributed by atoms with E-state index in [0.29, 0.717) is 18.0 Å². The maximum absolute atomic E-state index is 5.65. The van der Waals surface area contributed by atoms with Crippen molar-refractivity contribution in [2.75, 3.05) is 26.4 Å². The highest BCUT2D eigenvalue weighted by molar-refractivity contribution is 5.85. The van der Waals surface area contributed by atoms with E-state index in [4.69, 9.17) is 9.47 Å². The van der Waals surface area contributed by atoms with Gasteiger partial charge in [-0.2, -0.15) is 0 Å². The molecule has 1 aliphatic carbocycles. The van der Waals surface area contributed by atoms with Crippen LogP contribution < -0.4 is 15.4 Å². The van der Waals surface area contributed by atoms with Crippen LogP contribution in [0.1, 0.15) is 38.2 Å². The van der Waals surface area contributed by atoms with E-state index in [2.05, 4.69) is 41.8 Å². The van der Waals surface area contributed by atoms with Crippen LogP contribution in [0.4, 0.5) is 0 Å². The van der Waals surface area contributed by atoms with Gasteiger partial charge in [-0.3, -0.25) is 0 Å². The van der Waals surface area contributed by atoms with Gasteiger partial charge in [-0.1, -0.05) is 25.5 Å². The Balaban J connectivity index is 0.00000208. The van der Waals surface area contributed by atoms with Crippen LogP contribution in [-0.4, -0.2) is 38.4 Å². The zero-order valence-electron chi connectivity index (χ0n) is 14.6. The number of hydrogen-bond donors (Lipinski definition) is 2. The van der Waals surface area contributed by atoms with Crippen molar-refractivity contribution in [3.63, 3.8) is 0 Å². The van der Waals surface area contributed by atoms with Crippen molar-refractivity contribution in [1.82, 2.24) is 10.6 Å². The number of morpholine rings is 1. The molecule has 3 unspecified atom stereocenters. The molecular formula is C19H31ClN2O2. The third kappa shape index (κ3) is 5.35. The molecule has 1 heterocycles. The van der Waals surface area contributed by atoms with Crippen molar-refractivity contribution in [1.29, 1.82) is 0 Å². The summed E-state index contributed by atoms with van der Waals surface area (Å²) in [6.45, 7) is 6.57. The molecule has 3 rings (SSSR count). The minimum atomic E-state index is 0. The van der Waals surface area contributed by atoms with E-state index in [9.17, 15) is 0 Å². The van der Waals surface area contributed by atoms with Crippen molar-refractivity contribution in [2.45, 2.75) is 51.2 Å². The Kier molecular flexibility index (Phi) is 8.33. The first-order valence-electron chi connectivity index (χ1n) is 9.13. The van der Waals surface area contributed by atoms with Gasteiger partial charge in [-0.15, -0.1) is 12.4 Å². The number of nitrogens with one attached hydrogen (secondary N) is 2. The monoisotopic (exact) mass is 354 g/mol. The highest BCUT2D eigenvalue weighted by Gasteiger charge is 2.34. The lowest BCUT2D eigenvalue weighted by molar-refractivity contribution is 0.0524. The average Bonchev–Trinajstić information content (AvgIpc) is 3.08. The van der Waals surface area contributed by atoms with Crippen LogP contribution in [0.3, 0.4) is 0 Å². The number of hydrogen-bond acceptors (Lipinski definition) is 4. The van der Waals surface area contributed by atoms with E-state index in [1.165, 1.54) is 24.8 Å². The second-order valence-electron chi connectivity index (χ2n) is 6.71. The van der Waals surface area contributed by atoms with E-state index in [1.807, 2.05) is 0 Å². The van der Waals surface area contributed by atoms with Crippen LogP contribution >= 0.6 is 12.4 Å². The highest BCUT2D eigenvalue weighted by Crippen LogP contribution is 2.29. The third-order valence-corrected chi connectivity index (χ3v) is 5.00. The summed E-state index contributed by atoms with van der Waals surface area (Å²) < 4.78 is 11.3. The fourth-order valence-corrected chi connectivity index (χ4v) is 3.76. The first-order valence-corrected chi connectivity index (χ1v) is 9.13. The summed E-state index contributed by atoms with van der Waals surface area (Å²) in [5.41, 5.74) is 1.33. The normalized spacial score (nSPS) is 26.8. The molecule has 5 heteroatoms. The number of halogens is 1.